The van der Waals surface area contributed by atoms with Gasteiger partial charge in [-0.2, -0.15) is 0 Å². The molecule has 0 radical (unpaired) electrons. The standard InChI is InChI=1S/C16H10O3/c17-10-5-6-11-9(7-10)8-14-15(16(11)18)12-3-1-2-4-13(12)19-14/h1-7,17H,8H2. The fourth-order valence-electron chi connectivity index (χ4n) is 2.73. The zero-order valence-corrected chi connectivity index (χ0v) is 10.0. The lowest BCUT2D eigenvalue weighted by Crippen LogP contribution is -2.13. The Morgan fingerprint density at radius 2 is 1.95 bits per heavy atom. The number of fused-ring (bicyclic) bond motifs is 4. The minimum absolute atomic E-state index is 0.0267. The maximum Gasteiger partial charge on any atom is 0.197 e. The van der Waals surface area contributed by atoms with Crippen molar-refractivity contribution in [2.24, 2.45) is 0 Å². The van der Waals surface area contributed by atoms with Crippen LogP contribution in [0.2, 0.25) is 0 Å². The Hall–Kier alpha value is -2.55. The van der Waals surface area contributed by atoms with Crippen LogP contribution in [-0.2, 0) is 6.42 Å². The van der Waals surface area contributed by atoms with Crippen LogP contribution in [0.25, 0.3) is 11.0 Å². The average Bonchev–Trinajstić information content (AvgIpc) is 2.76. The highest BCUT2D eigenvalue weighted by Gasteiger charge is 2.28. The van der Waals surface area contributed by atoms with Gasteiger partial charge in [-0.25, -0.2) is 0 Å². The van der Waals surface area contributed by atoms with Crippen molar-refractivity contribution in [1.82, 2.24) is 0 Å². The van der Waals surface area contributed by atoms with E-state index in [1.54, 1.807) is 18.2 Å². The molecule has 0 saturated carbocycles. The molecule has 0 unspecified atom stereocenters. The Kier molecular flexibility index (Phi) is 1.90. The third-order valence-corrected chi connectivity index (χ3v) is 3.58. The van der Waals surface area contributed by atoms with Gasteiger partial charge in [0.1, 0.15) is 17.1 Å². The predicted octanol–water partition coefficient (Wildman–Crippen LogP) is 3.27. The average molecular weight is 250 g/mol. The quantitative estimate of drug-likeness (QED) is 0.521. The molecule has 2 aromatic carbocycles. The van der Waals surface area contributed by atoms with Crippen LogP contribution in [0, 0.1) is 0 Å². The van der Waals surface area contributed by atoms with Crippen molar-refractivity contribution in [3.05, 3.63) is 64.9 Å². The van der Waals surface area contributed by atoms with Gasteiger partial charge < -0.3 is 9.52 Å². The van der Waals surface area contributed by atoms with E-state index in [9.17, 15) is 9.90 Å². The molecule has 3 heteroatoms. The van der Waals surface area contributed by atoms with Crippen LogP contribution in [0.1, 0.15) is 27.2 Å². The van der Waals surface area contributed by atoms with Gasteiger partial charge in [-0.1, -0.05) is 18.2 Å². The SMILES string of the molecule is O=C1c2ccc(O)cc2Cc2oc3ccccc3c21. The molecule has 0 amide bonds. The maximum absolute atomic E-state index is 12.6. The molecule has 0 saturated heterocycles. The Bertz CT molecular complexity index is 827. The molecule has 1 aliphatic rings. The number of rotatable bonds is 0. The molecule has 3 nitrogen and oxygen atoms in total. The van der Waals surface area contributed by atoms with E-state index in [2.05, 4.69) is 0 Å². The number of carbonyl (C=O) groups excluding carboxylic acids is 1. The fraction of sp³-hybridized carbons (Fsp3) is 0.0625. The van der Waals surface area contributed by atoms with E-state index in [4.69, 9.17) is 4.42 Å². The van der Waals surface area contributed by atoms with Crippen LogP contribution >= 0.6 is 0 Å². The van der Waals surface area contributed by atoms with Crippen molar-refractivity contribution in [3.8, 4) is 5.75 Å². The van der Waals surface area contributed by atoms with Crippen molar-refractivity contribution in [2.45, 2.75) is 6.42 Å². The summed E-state index contributed by atoms with van der Waals surface area (Å²) in [5, 5.41) is 10.4. The third-order valence-electron chi connectivity index (χ3n) is 3.58. The molecular weight excluding hydrogens is 240 g/mol. The van der Waals surface area contributed by atoms with Crippen LogP contribution in [0.15, 0.2) is 46.9 Å². The van der Waals surface area contributed by atoms with E-state index in [0.29, 0.717) is 23.3 Å². The van der Waals surface area contributed by atoms with Gasteiger partial charge in [-0.15, -0.1) is 0 Å². The minimum Gasteiger partial charge on any atom is -0.508 e. The van der Waals surface area contributed by atoms with Gasteiger partial charge in [-0.3, -0.25) is 4.79 Å². The topological polar surface area (TPSA) is 50.4 Å². The van der Waals surface area contributed by atoms with Crippen molar-refractivity contribution in [2.75, 3.05) is 0 Å². The predicted molar refractivity (Wildman–Crippen MR) is 70.6 cm³/mol. The van der Waals surface area contributed by atoms with E-state index in [1.807, 2.05) is 24.3 Å². The number of furan rings is 1. The molecule has 1 aromatic heterocycles. The van der Waals surface area contributed by atoms with Crippen molar-refractivity contribution < 1.29 is 14.3 Å². The van der Waals surface area contributed by atoms with E-state index < -0.39 is 0 Å². The fourth-order valence-corrected chi connectivity index (χ4v) is 2.73. The summed E-state index contributed by atoms with van der Waals surface area (Å²) in [6, 6.07) is 12.4. The lowest BCUT2D eigenvalue weighted by atomic mass is 9.88. The number of phenols is 1. The second-order valence-electron chi connectivity index (χ2n) is 4.74. The smallest absolute Gasteiger partial charge is 0.197 e. The monoisotopic (exact) mass is 250 g/mol. The van der Waals surface area contributed by atoms with E-state index in [-0.39, 0.29) is 11.5 Å². The first-order valence-electron chi connectivity index (χ1n) is 6.11. The molecule has 0 fully saturated rings. The van der Waals surface area contributed by atoms with Gasteiger partial charge in [0, 0.05) is 17.4 Å². The van der Waals surface area contributed by atoms with Crippen LogP contribution < -0.4 is 0 Å². The van der Waals surface area contributed by atoms with Gasteiger partial charge in [0.05, 0.1) is 5.56 Å². The summed E-state index contributed by atoms with van der Waals surface area (Å²) < 4.78 is 5.76. The number of hydrogen-bond donors (Lipinski definition) is 1. The molecule has 0 bridgehead atoms. The molecule has 3 aromatic rings. The zero-order valence-electron chi connectivity index (χ0n) is 10.0. The molecular formula is C16H10O3. The Balaban J connectivity index is 2.03. The highest BCUT2D eigenvalue weighted by molar-refractivity contribution is 6.18. The third kappa shape index (κ3) is 1.35. The Morgan fingerprint density at radius 1 is 1.11 bits per heavy atom. The summed E-state index contributed by atoms with van der Waals surface area (Å²) in [4.78, 5) is 12.6. The first-order chi connectivity index (χ1) is 9.24. The van der Waals surface area contributed by atoms with Crippen molar-refractivity contribution in [3.63, 3.8) is 0 Å². The summed E-state index contributed by atoms with van der Waals surface area (Å²) >= 11 is 0. The Morgan fingerprint density at radius 3 is 2.84 bits per heavy atom. The zero-order chi connectivity index (χ0) is 13.0. The second-order valence-corrected chi connectivity index (χ2v) is 4.74. The number of carbonyl (C=O) groups is 1. The number of ketones is 1. The first-order valence-corrected chi connectivity index (χ1v) is 6.11. The number of hydrogen-bond acceptors (Lipinski definition) is 3. The maximum atomic E-state index is 12.6. The largest absolute Gasteiger partial charge is 0.508 e. The second kappa shape index (κ2) is 3.48. The summed E-state index contributed by atoms with van der Waals surface area (Å²) in [6.07, 6.45) is 0.541. The van der Waals surface area contributed by atoms with Gasteiger partial charge in [0.25, 0.3) is 0 Å². The molecule has 0 aliphatic heterocycles. The molecule has 1 heterocycles. The molecule has 92 valence electrons. The summed E-state index contributed by atoms with van der Waals surface area (Å²) in [5.74, 6) is 0.830. The van der Waals surface area contributed by atoms with Crippen LogP contribution in [0.4, 0.5) is 0 Å². The van der Waals surface area contributed by atoms with Crippen molar-refractivity contribution >= 4 is 16.8 Å². The number of para-hydroxylation sites is 1. The summed E-state index contributed by atoms with van der Waals surface area (Å²) in [6.45, 7) is 0. The highest BCUT2D eigenvalue weighted by atomic mass is 16.3. The number of benzene rings is 2. The van der Waals surface area contributed by atoms with Gasteiger partial charge in [-0.05, 0) is 29.8 Å². The van der Waals surface area contributed by atoms with E-state index >= 15 is 0 Å². The lowest BCUT2D eigenvalue weighted by Gasteiger charge is -2.14. The molecule has 1 N–H and O–H groups in total. The summed E-state index contributed by atoms with van der Waals surface area (Å²) in [7, 11) is 0. The molecule has 1 aliphatic carbocycles. The van der Waals surface area contributed by atoms with Crippen molar-refractivity contribution in [1.29, 1.82) is 0 Å². The Labute approximate surface area is 109 Å². The van der Waals surface area contributed by atoms with Crippen LogP contribution in [0.5, 0.6) is 5.75 Å². The summed E-state index contributed by atoms with van der Waals surface area (Å²) in [5.41, 5.74) is 2.86. The van der Waals surface area contributed by atoms with E-state index in [0.717, 1.165) is 16.5 Å². The number of aromatic hydroxyl groups is 1. The van der Waals surface area contributed by atoms with Crippen LogP contribution in [0.3, 0.4) is 0 Å². The lowest BCUT2D eigenvalue weighted by molar-refractivity contribution is 0.103. The molecule has 19 heavy (non-hydrogen) atoms. The molecule has 0 atom stereocenters. The van der Waals surface area contributed by atoms with Gasteiger partial charge in [0.2, 0.25) is 0 Å². The first kappa shape index (κ1) is 10.4. The van der Waals surface area contributed by atoms with Gasteiger partial charge >= 0.3 is 0 Å². The van der Waals surface area contributed by atoms with Crippen LogP contribution in [-0.4, -0.2) is 10.9 Å². The molecule has 0 spiro atoms. The molecule has 4 rings (SSSR count). The van der Waals surface area contributed by atoms with E-state index in [1.165, 1.54) is 0 Å². The van der Waals surface area contributed by atoms with Gasteiger partial charge in [0.15, 0.2) is 5.78 Å². The number of phenolic OH excluding ortho intramolecular Hbond substituents is 1. The normalized spacial score (nSPS) is 13.4. The highest BCUT2D eigenvalue weighted by Crippen LogP contribution is 2.35. The minimum atomic E-state index is -0.0267.